The Bertz CT molecular complexity index is 425. The Labute approximate surface area is 88.2 Å². The molecule has 1 N–H and O–H groups in total. The summed E-state index contributed by atoms with van der Waals surface area (Å²) in [5.41, 5.74) is 2.03. The minimum Gasteiger partial charge on any atom is -0.386 e. The maximum absolute atomic E-state index is 9.98. The van der Waals surface area contributed by atoms with Crippen LogP contribution in [0.25, 0.3) is 0 Å². The van der Waals surface area contributed by atoms with Crippen molar-refractivity contribution < 1.29 is 5.11 Å². The molecule has 1 atom stereocenters. The molecule has 4 heteroatoms. The van der Waals surface area contributed by atoms with Crippen molar-refractivity contribution in [1.29, 1.82) is 0 Å². The standard InChI is InChI=1S/C11H13N3O/c1-9-4-2-3-5-10(9)11(15)6-14-8-12-7-13-14/h2-5,7-8,11,15H,6H2,1H3. The molecule has 0 saturated carbocycles. The zero-order valence-electron chi connectivity index (χ0n) is 8.54. The first-order valence-electron chi connectivity index (χ1n) is 4.83. The van der Waals surface area contributed by atoms with E-state index in [0.717, 1.165) is 11.1 Å². The van der Waals surface area contributed by atoms with E-state index in [1.165, 1.54) is 6.33 Å². The van der Waals surface area contributed by atoms with Gasteiger partial charge < -0.3 is 5.11 Å². The summed E-state index contributed by atoms with van der Waals surface area (Å²) in [5, 5.41) is 13.9. The smallest absolute Gasteiger partial charge is 0.137 e. The number of rotatable bonds is 3. The van der Waals surface area contributed by atoms with Crippen molar-refractivity contribution in [2.45, 2.75) is 19.6 Å². The number of aliphatic hydroxyl groups excluding tert-OH is 1. The molecular weight excluding hydrogens is 190 g/mol. The third-order valence-electron chi connectivity index (χ3n) is 2.37. The molecule has 0 bridgehead atoms. The fraction of sp³-hybridized carbons (Fsp3) is 0.273. The van der Waals surface area contributed by atoms with Crippen LogP contribution in [-0.4, -0.2) is 19.9 Å². The van der Waals surface area contributed by atoms with E-state index in [2.05, 4.69) is 10.1 Å². The molecule has 0 aliphatic heterocycles. The highest BCUT2D eigenvalue weighted by Crippen LogP contribution is 2.18. The number of hydrogen-bond acceptors (Lipinski definition) is 3. The number of aliphatic hydroxyl groups is 1. The number of benzene rings is 1. The van der Waals surface area contributed by atoms with E-state index in [4.69, 9.17) is 0 Å². The van der Waals surface area contributed by atoms with Gasteiger partial charge in [-0.3, -0.25) is 4.68 Å². The van der Waals surface area contributed by atoms with Crippen LogP contribution < -0.4 is 0 Å². The van der Waals surface area contributed by atoms with Gasteiger partial charge in [-0.15, -0.1) is 0 Å². The van der Waals surface area contributed by atoms with Gasteiger partial charge in [-0.1, -0.05) is 24.3 Å². The Kier molecular flexibility index (Phi) is 2.78. The summed E-state index contributed by atoms with van der Waals surface area (Å²) in [6.45, 7) is 2.42. The Hall–Kier alpha value is -1.68. The molecule has 0 saturated heterocycles. The molecule has 4 nitrogen and oxygen atoms in total. The lowest BCUT2D eigenvalue weighted by Crippen LogP contribution is -2.10. The highest BCUT2D eigenvalue weighted by Gasteiger charge is 2.10. The summed E-state index contributed by atoms with van der Waals surface area (Å²) in [7, 11) is 0. The summed E-state index contributed by atoms with van der Waals surface area (Å²) >= 11 is 0. The monoisotopic (exact) mass is 203 g/mol. The van der Waals surface area contributed by atoms with Crippen LogP contribution in [0.2, 0.25) is 0 Å². The van der Waals surface area contributed by atoms with Gasteiger partial charge in [0.2, 0.25) is 0 Å². The molecule has 1 aromatic carbocycles. The van der Waals surface area contributed by atoms with E-state index in [0.29, 0.717) is 6.54 Å². The van der Waals surface area contributed by atoms with E-state index in [1.54, 1.807) is 11.0 Å². The number of aryl methyl sites for hydroxylation is 1. The van der Waals surface area contributed by atoms with Crippen LogP contribution in [0.1, 0.15) is 17.2 Å². The lowest BCUT2D eigenvalue weighted by Gasteiger charge is -2.12. The normalized spacial score (nSPS) is 12.7. The zero-order chi connectivity index (χ0) is 10.7. The van der Waals surface area contributed by atoms with Gasteiger partial charge in [-0.2, -0.15) is 5.10 Å². The summed E-state index contributed by atoms with van der Waals surface area (Å²) in [6, 6.07) is 7.80. The first-order chi connectivity index (χ1) is 7.27. The summed E-state index contributed by atoms with van der Waals surface area (Å²) in [5.74, 6) is 0. The Morgan fingerprint density at radius 2 is 2.20 bits per heavy atom. The molecule has 78 valence electrons. The van der Waals surface area contributed by atoms with Crippen LogP contribution >= 0.6 is 0 Å². The van der Waals surface area contributed by atoms with E-state index < -0.39 is 6.10 Å². The number of hydrogen-bond donors (Lipinski definition) is 1. The van der Waals surface area contributed by atoms with Gasteiger partial charge in [-0.05, 0) is 18.1 Å². The van der Waals surface area contributed by atoms with Gasteiger partial charge in [0.15, 0.2) is 0 Å². The van der Waals surface area contributed by atoms with Crippen molar-refractivity contribution in [1.82, 2.24) is 14.8 Å². The van der Waals surface area contributed by atoms with Crippen molar-refractivity contribution >= 4 is 0 Å². The van der Waals surface area contributed by atoms with Crippen LogP contribution in [-0.2, 0) is 6.54 Å². The number of nitrogens with zero attached hydrogens (tertiary/aromatic N) is 3. The van der Waals surface area contributed by atoms with Crippen molar-refractivity contribution in [2.75, 3.05) is 0 Å². The van der Waals surface area contributed by atoms with E-state index >= 15 is 0 Å². The van der Waals surface area contributed by atoms with Gasteiger partial charge in [0, 0.05) is 0 Å². The summed E-state index contributed by atoms with van der Waals surface area (Å²) in [4.78, 5) is 3.83. The van der Waals surface area contributed by atoms with E-state index in [1.807, 2.05) is 31.2 Å². The fourth-order valence-electron chi connectivity index (χ4n) is 1.56. The molecule has 1 unspecified atom stereocenters. The molecule has 1 aromatic heterocycles. The predicted molar refractivity (Wildman–Crippen MR) is 56.2 cm³/mol. The van der Waals surface area contributed by atoms with Gasteiger partial charge in [0.25, 0.3) is 0 Å². The molecule has 0 radical (unpaired) electrons. The van der Waals surface area contributed by atoms with Crippen LogP contribution in [0, 0.1) is 6.92 Å². The minimum absolute atomic E-state index is 0.435. The fourth-order valence-corrected chi connectivity index (χ4v) is 1.56. The molecule has 15 heavy (non-hydrogen) atoms. The molecule has 0 spiro atoms. The molecule has 0 fully saturated rings. The average Bonchev–Trinajstić information content (AvgIpc) is 2.71. The van der Waals surface area contributed by atoms with Crippen molar-refractivity contribution in [3.63, 3.8) is 0 Å². The molecule has 0 amide bonds. The lowest BCUT2D eigenvalue weighted by atomic mass is 10.0. The third kappa shape index (κ3) is 2.22. The third-order valence-corrected chi connectivity index (χ3v) is 2.37. The van der Waals surface area contributed by atoms with E-state index in [-0.39, 0.29) is 0 Å². The van der Waals surface area contributed by atoms with Gasteiger partial charge >= 0.3 is 0 Å². The Balaban J connectivity index is 2.15. The molecule has 2 rings (SSSR count). The number of aromatic nitrogens is 3. The second-order valence-electron chi connectivity index (χ2n) is 3.49. The second-order valence-corrected chi connectivity index (χ2v) is 3.49. The van der Waals surface area contributed by atoms with Gasteiger partial charge in [0.05, 0.1) is 12.6 Å². The molecular formula is C11H13N3O. The summed E-state index contributed by atoms with van der Waals surface area (Å²) in [6.07, 6.45) is 2.53. The maximum Gasteiger partial charge on any atom is 0.137 e. The molecule has 0 aliphatic rings. The molecule has 1 heterocycles. The van der Waals surface area contributed by atoms with Gasteiger partial charge in [0.1, 0.15) is 12.7 Å². The highest BCUT2D eigenvalue weighted by molar-refractivity contribution is 5.27. The largest absolute Gasteiger partial charge is 0.386 e. The van der Waals surface area contributed by atoms with Crippen LogP contribution in [0.15, 0.2) is 36.9 Å². The highest BCUT2D eigenvalue weighted by atomic mass is 16.3. The quantitative estimate of drug-likeness (QED) is 0.818. The van der Waals surface area contributed by atoms with E-state index in [9.17, 15) is 5.11 Å². The van der Waals surface area contributed by atoms with Crippen LogP contribution in [0.3, 0.4) is 0 Å². The second kappa shape index (κ2) is 4.23. The van der Waals surface area contributed by atoms with Crippen LogP contribution in [0.5, 0.6) is 0 Å². The zero-order valence-corrected chi connectivity index (χ0v) is 8.54. The Morgan fingerprint density at radius 3 is 2.87 bits per heavy atom. The topological polar surface area (TPSA) is 50.9 Å². The van der Waals surface area contributed by atoms with Crippen LogP contribution in [0.4, 0.5) is 0 Å². The minimum atomic E-state index is -0.534. The summed E-state index contributed by atoms with van der Waals surface area (Å²) < 4.78 is 1.62. The van der Waals surface area contributed by atoms with Crippen molar-refractivity contribution in [2.24, 2.45) is 0 Å². The van der Waals surface area contributed by atoms with Crippen molar-refractivity contribution in [3.8, 4) is 0 Å². The maximum atomic E-state index is 9.98. The van der Waals surface area contributed by atoms with Gasteiger partial charge in [-0.25, -0.2) is 4.98 Å². The molecule has 2 aromatic rings. The lowest BCUT2D eigenvalue weighted by molar-refractivity contribution is 0.150. The molecule has 0 aliphatic carbocycles. The average molecular weight is 203 g/mol. The first kappa shape index (κ1) is 9.86. The SMILES string of the molecule is Cc1ccccc1C(O)Cn1cncn1. The first-order valence-corrected chi connectivity index (χ1v) is 4.83. The van der Waals surface area contributed by atoms with Crippen molar-refractivity contribution in [3.05, 3.63) is 48.0 Å². The predicted octanol–water partition coefficient (Wildman–Crippen LogP) is 1.32. The Morgan fingerprint density at radius 1 is 1.40 bits per heavy atom.